The van der Waals surface area contributed by atoms with E-state index in [0.29, 0.717) is 17.8 Å². The zero-order valence-corrected chi connectivity index (χ0v) is 12.0. The topological polar surface area (TPSA) is 59.4 Å². The summed E-state index contributed by atoms with van der Waals surface area (Å²) in [5.74, 6) is 0.641. The van der Waals surface area contributed by atoms with Crippen LogP contribution in [0.15, 0.2) is 34.8 Å². The van der Waals surface area contributed by atoms with E-state index in [1.165, 1.54) is 6.07 Å². The molecule has 2 N–H and O–H groups in total. The first-order valence-electron chi connectivity index (χ1n) is 5.96. The molecule has 0 aliphatic carbocycles. The fraction of sp³-hybridized carbons (Fsp3) is 0.231. The number of halogens is 2. The van der Waals surface area contributed by atoms with Gasteiger partial charge in [-0.05, 0) is 6.07 Å². The molecular weight excluding hydrogens is 281 g/mol. The van der Waals surface area contributed by atoms with Crippen LogP contribution >= 0.6 is 11.8 Å². The molecule has 0 unspecified atom stereocenters. The van der Waals surface area contributed by atoms with Gasteiger partial charge in [0, 0.05) is 37.5 Å². The van der Waals surface area contributed by atoms with Crippen molar-refractivity contribution < 1.29 is 4.39 Å². The highest BCUT2D eigenvalue weighted by molar-refractivity contribution is 6.21. The Morgan fingerprint density at radius 3 is 2.75 bits per heavy atom. The van der Waals surface area contributed by atoms with E-state index in [2.05, 4.69) is 9.61 Å². The molecule has 5 nitrogen and oxygen atoms in total. The van der Waals surface area contributed by atoms with Crippen molar-refractivity contribution in [1.82, 2.24) is 9.78 Å². The first kappa shape index (κ1) is 14.3. The standard InChI is InChI=1S/C13H15ClFN5/c1-19(2)12-7-11(13(16)17-14)18-20(12)8-9-5-3-4-6-10(9)15/h3-7H,8H2,1-2H3,(H2,16,17). The van der Waals surface area contributed by atoms with Crippen molar-refractivity contribution in [2.24, 2.45) is 10.2 Å². The third kappa shape index (κ3) is 2.91. The van der Waals surface area contributed by atoms with Crippen molar-refractivity contribution in [3.63, 3.8) is 0 Å². The summed E-state index contributed by atoms with van der Waals surface area (Å²) in [6.45, 7) is 0.301. The molecule has 2 rings (SSSR count). The summed E-state index contributed by atoms with van der Waals surface area (Å²) in [6.07, 6.45) is 0. The van der Waals surface area contributed by atoms with E-state index in [4.69, 9.17) is 17.5 Å². The lowest BCUT2D eigenvalue weighted by atomic mass is 10.2. The third-order valence-corrected chi connectivity index (χ3v) is 3.03. The monoisotopic (exact) mass is 295 g/mol. The predicted molar refractivity (Wildman–Crippen MR) is 78.6 cm³/mol. The van der Waals surface area contributed by atoms with Gasteiger partial charge in [-0.1, -0.05) is 18.2 Å². The summed E-state index contributed by atoms with van der Waals surface area (Å²) in [5.41, 5.74) is 6.66. The lowest BCUT2D eigenvalue weighted by molar-refractivity contribution is 0.584. The van der Waals surface area contributed by atoms with Crippen molar-refractivity contribution in [1.29, 1.82) is 0 Å². The Morgan fingerprint density at radius 2 is 2.15 bits per heavy atom. The summed E-state index contributed by atoms with van der Waals surface area (Å²) in [6, 6.07) is 8.33. The summed E-state index contributed by atoms with van der Waals surface area (Å²) >= 11 is 5.35. The van der Waals surface area contributed by atoms with Crippen LogP contribution in [0.4, 0.5) is 10.2 Å². The maximum absolute atomic E-state index is 13.7. The highest BCUT2D eigenvalue weighted by Gasteiger charge is 2.13. The van der Waals surface area contributed by atoms with Gasteiger partial charge in [-0.25, -0.2) is 9.07 Å². The molecule has 106 valence electrons. The van der Waals surface area contributed by atoms with Gasteiger partial charge >= 0.3 is 0 Å². The van der Waals surface area contributed by atoms with Gasteiger partial charge in [0.25, 0.3) is 0 Å². The largest absolute Gasteiger partial charge is 0.381 e. The van der Waals surface area contributed by atoms with E-state index >= 15 is 0 Å². The van der Waals surface area contributed by atoms with Gasteiger partial charge in [0.1, 0.15) is 17.3 Å². The quantitative estimate of drug-likeness (QED) is 0.693. The van der Waals surface area contributed by atoms with Crippen LogP contribution in [-0.4, -0.2) is 29.7 Å². The van der Waals surface area contributed by atoms with Crippen LogP contribution in [0.2, 0.25) is 0 Å². The highest BCUT2D eigenvalue weighted by atomic mass is 35.5. The van der Waals surface area contributed by atoms with Crippen molar-refractivity contribution in [3.05, 3.63) is 47.4 Å². The van der Waals surface area contributed by atoms with Crippen LogP contribution in [0.1, 0.15) is 11.3 Å². The second-order valence-corrected chi connectivity index (χ2v) is 4.67. The number of aromatic nitrogens is 2. The molecule has 0 saturated heterocycles. The van der Waals surface area contributed by atoms with Crippen LogP contribution in [0.3, 0.4) is 0 Å². The third-order valence-electron chi connectivity index (χ3n) is 2.85. The normalized spacial score (nSPS) is 11.7. The van der Waals surface area contributed by atoms with Crippen LogP contribution < -0.4 is 10.6 Å². The van der Waals surface area contributed by atoms with Gasteiger partial charge in [-0.15, -0.1) is 0 Å². The molecule has 1 aromatic heterocycles. The lowest BCUT2D eigenvalue weighted by Crippen LogP contribution is -2.16. The molecule has 0 saturated carbocycles. The number of nitrogens with two attached hydrogens (primary N) is 1. The fourth-order valence-electron chi connectivity index (χ4n) is 1.84. The van der Waals surface area contributed by atoms with Crippen LogP contribution in [-0.2, 0) is 6.54 Å². The van der Waals surface area contributed by atoms with Crippen LogP contribution in [0.5, 0.6) is 0 Å². The van der Waals surface area contributed by atoms with E-state index in [1.807, 2.05) is 19.0 Å². The Hall–Kier alpha value is -2.08. The molecule has 0 aliphatic heterocycles. The minimum atomic E-state index is -0.270. The molecule has 0 amide bonds. The first-order valence-corrected chi connectivity index (χ1v) is 6.30. The molecule has 20 heavy (non-hydrogen) atoms. The van der Waals surface area contributed by atoms with Crippen LogP contribution in [0, 0.1) is 5.82 Å². The number of rotatable bonds is 4. The number of anilines is 1. The van der Waals surface area contributed by atoms with Gasteiger partial charge in [-0.2, -0.15) is 9.61 Å². The lowest BCUT2D eigenvalue weighted by Gasteiger charge is -2.14. The summed E-state index contributed by atoms with van der Waals surface area (Å²) in [5, 5.41) is 4.31. The van der Waals surface area contributed by atoms with Crippen molar-refractivity contribution in [2.45, 2.75) is 6.54 Å². The number of benzene rings is 1. The molecule has 0 fully saturated rings. The van der Waals surface area contributed by atoms with Gasteiger partial charge in [0.15, 0.2) is 5.84 Å². The molecule has 2 aromatic rings. The van der Waals surface area contributed by atoms with Crippen molar-refractivity contribution >= 4 is 23.4 Å². The second-order valence-electron chi connectivity index (χ2n) is 4.50. The second kappa shape index (κ2) is 5.92. The van der Waals surface area contributed by atoms with Crippen molar-refractivity contribution in [2.75, 3.05) is 19.0 Å². The number of hydrogen-bond acceptors (Lipinski definition) is 3. The first-order chi connectivity index (χ1) is 9.52. The molecular formula is C13H15ClFN5. The molecule has 1 aromatic carbocycles. The van der Waals surface area contributed by atoms with Crippen LogP contribution in [0.25, 0.3) is 0 Å². The Bertz CT molecular complexity index is 635. The molecule has 0 bridgehead atoms. The molecule has 0 aliphatic rings. The number of hydrogen-bond donors (Lipinski definition) is 1. The summed E-state index contributed by atoms with van der Waals surface area (Å²) in [4.78, 5) is 1.86. The Labute approximate surface area is 121 Å². The van der Waals surface area contributed by atoms with E-state index in [1.54, 1.807) is 28.9 Å². The van der Waals surface area contributed by atoms with Gasteiger partial charge in [0.2, 0.25) is 0 Å². The zero-order valence-electron chi connectivity index (χ0n) is 11.2. The molecule has 0 atom stereocenters. The summed E-state index contributed by atoms with van der Waals surface area (Å²) in [7, 11) is 3.74. The van der Waals surface area contributed by atoms with E-state index in [0.717, 1.165) is 5.82 Å². The van der Waals surface area contributed by atoms with Gasteiger partial charge < -0.3 is 10.6 Å². The maximum atomic E-state index is 13.7. The minimum Gasteiger partial charge on any atom is -0.381 e. The summed E-state index contributed by atoms with van der Waals surface area (Å²) < 4.78 is 18.8. The SMILES string of the molecule is CN(C)c1cc(/C(N)=N/Cl)nn1Cc1ccccc1F. The van der Waals surface area contributed by atoms with E-state index < -0.39 is 0 Å². The zero-order chi connectivity index (χ0) is 14.7. The average Bonchev–Trinajstić information content (AvgIpc) is 2.84. The molecule has 0 radical (unpaired) electrons. The fourth-order valence-corrected chi connectivity index (χ4v) is 1.93. The molecule has 0 spiro atoms. The van der Waals surface area contributed by atoms with Gasteiger partial charge in [-0.3, -0.25) is 0 Å². The highest BCUT2D eigenvalue weighted by Crippen LogP contribution is 2.17. The maximum Gasteiger partial charge on any atom is 0.165 e. The van der Waals surface area contributed by atoms with E-state index in [-0.39, 0.29) is 11.7 Å². The molecule has 7 heteroatoms. The van der Waals surface area contributed by atoms with Gasteiger partial charge in [0.05, 0.1) is 6.54 Å². The smallest absolute Gasteiger partial charge is 0.165 e. The Balaban J connectivity index is 2.40. The minimum absolute atomic E-state index is 0.127. The Kier molecular flexibility index (Phi) is 4.24. The van der Waals surface area contributed by atoms with Crippen molar-refractivity contribution in [3.8, 4) is 0 Å². The molecule has 1 heterocycles. The average molecular weight is 296 g/mol. The number of amidine groups is 1. The Morgan fingerprint density at radius 1 is 1.45 bits per heavy atom. The number of nitrogens with zero attached hydrogens (tertiary/aromatic N) is 4. The van der Waals surface area contributed by atoms with E-state index in [9.17, 15) is 4.39 Å². The predicted octanol–water partition coefficient (Wildman–Crippen LogP) is 2.00.